The summed E-state index contributed by atoms with van der Waals surface area (Å²) in [6.07, 6.45) is 1.13. The predicted octanol–water partition coefficient (Wildman–Crippen LogP) is 2.24. The SMILES string of the molecule is COCCCCS(=O)(=O)c1ccc(C(=O)O)c(Cl)c1. The molecule has 5 nitrogen and oxygen atoms in total. The number of carboxylic acids is 1. The summed E-state index contributed by atoms with van der Waals surface area (Å²) in [4.78, 5) is 10.8. The predicted molar refractivity (Wildman–Crippen MR) is 71.6 cm³/mol. The Morgan fingerprint density at radius 2 is 2.05 bits per heavy atom. The first-order valence-electron chi connectivity index (χ1n) is 5.63. The minimum Gasteiger partial charge on any atom is -0.478 e. The smallest absolute Gasteiger partial charge is 0.337 e. The van der Waals surface area contributed by atoms with Crippen molar-refractivity contribution in [3.05, 3.63) is 28.8 Å². The molecule has 1 aromatic carbocycles. The van der Waals surface area contributed by atoms with Gasteiger partial charge in [-0.05, 0) is 31.0 Å². The van der Waals surface area contributed by atoms with Gasteiger partial charge in [0.05, 0.1) is 21.2 Å². The Morgan fingerprint density at radius 1 is 1.37 bits per heavy atom. The van der Waals surface area contributed by atoms with Crippen LogP contribution in [0.25, 0.3) is 0 Å². The van der Waals surface area contributed by atoms with Crippen LogP contribution in [0.1, 0.15) is 23.2 Å². The molecule has 0 aliphatic carbocycles. The van der Waals surface area contributed by atoms with E-state index < -0.39 is 15.8 Å². The van der Waals surface area contributed by atoms with Crippen molar-refractivity contribution in [3.63, 3.8) is 0 Å². The monoisotopic (exact) mass is 306 g/mol. The van der Waals surface area contributed by atoms with Gasteiger partial charge in [0.25, 0.3) is 0 Å². The van der Waals surface area contributed by atoms with Gasteiger partial charge in [-0.15, -0.1) is 0 Å². The maximum atomic E-state index is 12.0. The molecule has 0 heterocycles. The van der Waals surface area contributed by atoms with E-state index in [4.69, 9.17) is 21.4 Å². The van der Waals surface area contributed by atoms with E-state index in [2.05, 4.69) is 0 Å². The van der Waals surface area contributed by atoms with Gasteiger partial charge in [0, 0.05) is 13.7 Å². The van der Waals surface area contributed by atoms with E-state index >= 15 is 0 Å². The lowest BCUT2D eigenvalue weighted by Crippen LogP contribution is -2.08. The summed E-state index contributed by atoms with van der Waals surface area (Å²) in [5.41, 5.74) is -0.111. The molecule has 1 N–H and O–H groups in total. The number of carbonyl (C=O) groups is 1. The van der Waals surface area contributed by atoms with Crippen molar-refractivity contribution < 1.29 is 23.1 Å². The Hall–Kier alpha value is -1.11. The largest absolute Gasteiger partial charge is 0.478 e. The summed E-state index contributed by atoms with van der Waals surface area (Å²) >= 11 is 5.75. The molecule has 0 aliphatic heterocycles. The van der Waals surface area contributed by atoms with Crippen LogP contribution in [-0.2, 0) is 14.6 Å². The second-order valence-electron chi connectivity index (χ2n) is 3.97. The minimum absolute atomic E-state index is 0.0148. The lowest BCUT2D eigenvalue weighted by molar-refractivity contribution is 0.0697. The minimum atomic E-state index is -3.44. The first kappa shape index (κ1) is 15.9. The van der Waals surface area contributed by atoms with Crippen LogP contribution in [0.3, 0.4) is 0 Å². The molecule has 0 radical (unpaired) electrons. The lowest BCUT2D eigenvalue weighted by Gasteiger charge is -2.06. The maximum Gasteiger partial charge on any atom is 0.337 e. The summed E-state index contributed by atoms with van der Waals surface area (Å²) in [5.74, 6) is -1.20. The van der Waals surface area contributed by atoms with Gasteiger partial charge in [-0.25, -0.2) is 13.2 Å². The highest BCUT2D eigenvalue weighted by molar-refractivity contribution is 7.91. The molecule has 1 rings (SSSR count). The van der Waals surface area contributed by atoms with Crippen LogP contribution in [0.2, 0.25) is 5.02 Å². The average molecular weight is 307 g/mol. The molecule has 0 saturated carbocycles. The highest BCUT2D eigenvalue weighted by Crippen LogP contribution is 2.22. The third kappa shape index (κ3) is 4.49. The van der Waals surface area contributed by atoms with Crippen LogP contribution in [0.15, 0.2) is 23.1 Å². The zero-order valence-electron chi connectivity index (χ0n) is 10.4. The molecule has 19 heavy (non-hydrogen) atoms. The number of hydrogen-bond acceptors (Lipinski definition) is 4. The summed E-state index contributed by atoms with van der Waals surface area (Å²) in [7, 11) is -1.88. The zero-order chi connectivity index (χ0) is 14.5. The maximum absolute atomic E-state index is 12.0. The molecule has 0 aliphatic rings. The van der Waals surface area contributed by atoms with Gasteiger partial charge < -0.3 is 9.84 Å². The topological polar surface area (TPSA) is 80.7 Å². The van der Waals surface area contributed by atoms with Crippen molar-refractivity contribution in [1.29, 1.82) is 0 Å². The van der Waals surface area contributed by atoms with E-state index in [1.54, 1.807) is 7.11 Å². The van der Waals surface area contributed by atoms with Crippen LogP contribution >= 0.6 is 11.6 Å². The van der Waals surface area contributed by atoms with E-state index in [-0.39, 0.29) is 21.2 Å². The van der Waals surface area contributed by atoms with Crippen molar-refractivity contribution in [2.24, 2.45) is 0 Å². The molecule has 0 amide bonds. The Kier molecular flexibility index (Phi) is 5.78. The molecule has 106 valence electrons. The number of benzene rings is 1. The Balaban J connectivity index is 2.84. The number of sulfone groups is 1. The van der Waals surface area contributed by atoms with E-state index in [1.165, 1.54) is 18.2 Å². The number of methoxy groups -OCH3 is 1. The van der Waals surface area contributed by atoms with Gasteiger partial charge in [0.2, 0.25) is 0 Å². The molecule has 0 unspecified atom stereocenters. The number of rotatable bonds is 7. The molecule has 1 aromatic rings. The van der Waals surface area contributed by atoms with E-state index in [1.807, 2.05) is 0 Å². The fourth-order valence-corrected chi connectivity index (χ4v) is 3.24. The Bertz CT molecular complexity index is 553. The van der Waals surface area contributed by atoms with Crippen molar-refractivity contribution in [1.82, 2.24) is 0 Å². The molecule has 7 heteroatoms. The zero-order valence-corrected chi connectivity index (χ0v) is 12.0. The van der Waals surface area contributed by atoms with Crippen molar-refractivity contribution >= 4 is 27.4 Å². The number of carboxylic acid groups (broad SMARTS) is 1. The van der Waals surface area contributed by atoms with Crippen LogP contribution < -0.4 is 0 Å². The van der Waals surface area contributed by atoms with E-state index in [0.29, 0.717) is 19.4 Å². The highest BCUT2D eigenvalue weighted by Gasteiger charge is 2.17. The molecule has 0 saturated heterocycles. The normalized spacial score (nSPS) is 11.5. The van der Waals surface area contributed by atoms with Crippen molar-refractivity contribution in [2.45, 2.75) is 17.7 Å². The molecule has 0 fully saturated rings. The number of halogens is 1. The van der Waals surface area contributed by atoms with Crippen LogP contribution in [-0.4, -0.2) is 39.0 Å². The van der Waals surface area contributed by atoms with Gasteiger partial charge >= 0.3 is 5.97 Å². The fourth-order valence-electron chi connectivity index (χ4n) is 1.52. The van der Waals surface area contributed by atoms with Crippen molar-refractivity contribution in [2.75, 3.05) is 19.5 Å². The van der Waals surface area contributed by atoms with Gasteiger partial charge in [-0.2, -0.15) is 0 Å². The standard InChI is InChI=1S/C12H15ClO5S/c1-18-6-2-3-7-19(16,17)9-4-5-10(12(14)15)11(13)8-9/h4-5,8H,2-3,6-7H2,1H3,(H,14,15). The first-order chi connectivity index (χ1) is 8.88. The third-order valence-electron chi connectivity index (χ3n) is 2.54. The number of aromatic carboxylic acids is 1. The molecular formula is C12H15ClO5S. The summed E-state index contributed by atoms with van der Waals surface area (Å²) in [6.45, 7) is 0.508. The van der Waals surface area contributed by atoms with Crippen LogP contribution in [0.4, 0.5) is 0 Å². The summed E-state index contributed by atoms with van der Waals surface area (Å²) in [5, 5.41) is 8.73. The molecule has 0 spiro atoms. The van der Waals surface area contributed by atoms with Gasteiger partial charge in [-0.3, -0.25) is 0 Å². The number of hydrogen-bond donors (Lipinski definition) is 1. The van der Waals surface area contributed by atoms with Crippen LogP contribution in [0.5, 0.6) is 0 Å². The Morgan fingerprint density at radius 3 is 2.58 bits per heavy atom. The summed E-state index contributed by atoms with van der Waals surface area (Å²) < 4.78 is 28.8. The average Bonchev–Trinajstić information content (AvgIpc) is 2.34. The highest BCUT2D eigenvalue weighted by atomic mass is 35.5. The number of ether oxygens (including phenoxy) is 1. The fraction of sp³-hybridized carbons (Fsp3) is 0.417. The molecule has 0 bridgehead atoms. The molecular weight excluding hydrogens is 292 g/mol. The van der Waals surface area contributed by atoms with Crippen LogP contribution in [0, 0.1) is 0 Å². The van der Waals surface area contributed by atoms with Gasteiger partial charge in [0.1, 0.15) is 0 Å². The van der Waals surface area contributed by atoms with E-state index in [0.717, 1.165) is 0 Å². The molecule has 0 atom stereocenters. The summed E-state index contributed by atoms with van der Waals surface area (Å²) in [6, 6.07) is 3.64. The van der Waals surface area contributed by atoms with Crippen molar-refractivity contribution in [3.8, 4) is 0 Å². The van der Waals surface area contributed by atoms with E-state index in [9.17, 15) is 13.2 Å². The first-order valence-corrected chi connectivity index (χ1v) is 7.66. The molecule has 0 aromatic heterocycles. The second kappa shape index (κ2) is 6.88. The van der Waals surface area contributed by atoms with Gasteiger partial charge in [-0.1, -0.05) is 11.6 Å². The second-order valence-corrected chi connectivity index (χ2v) is 6.48. The third-order valence-corrected chi connectivity index (χ3v) is 4.65. The van der Waals surface area contributed by atoms with Gasteiger partial charge in [0.15, 0.2) is 9.84 Å². The lowest BCUT2D eigenvalue weighted by atomic mass is 10.2. The Labute approximate surface area is 117 Å². The quantitative estimate of drug-likeness (QED) is 0.781. The number of unbranched alkanes of at least 4 members (excludes halogenated alkanes) is 1.